The summed E-state index contributed by atoms with van der Waals surface area (Å²) in [4.78, 5) is 17.8. The van der Waals surface area contributed by atoms with Crippen molar-refractivity contribution < 1.29 is 4.79 Å². The van der Waals surface area contributed by atoms with E-state index >= 15 is 0 Å². The molecule has 21 heavy (non-hydrogen) atoms. The second-order valence-electron chi connectivity index (χ2n) is 5.27. The van der Waals surface area contributed by atoms with Crippen molar-refractivity contribution in [3.63, 3.8) is 0 Å². The number of carbonyl (C=O) groups excluding carboxylic acids is 1. The van der Waals surface area contributed by atoms with E-state index in [0.717, 1.165) is 17.1 Å². The zero-order valence-corrected chi connectivity index (χ0v) is 13.5. The smallest absolute Gasteiger partial charge is 0.274 e. The van der Waals surface area contributed by atoms with Gasteiger partial charge in [-0.05, 0) is 19.3 Å². The molecule has 7 heteroatoms. The summed E-state index contributed by atoms with van der Waals surface area (Å²) < 4.78 is 0. The van der Waals surface area contributed by atoms with Crippen LogP contribution >= 0.6 is 11.3 Å². The quantitative estimate of drug-likeness (QED) is 0.791. The van der Waals surface area contributed by atoms with Crippen molar-refractivity contribution in [3.05, 3.63) is 27.5 Å². The van der Waals surface area contributed by atoms with Crippen LogP contribution in [0, 0.1) is 0 Å². The SMILES string of the molecule is CCc1cnc(C(C)NC(=O)c2n[nH]c(C(C)C)c2N)s1. The third kappa shape index (κ3) is 3.24. The van der Waals surface area contributed by atoms with Crippen molar-refractivity contribution in [2.24, 2.45) is 0 Å². The number of H-pyrrole nitrogens is 1. The molecule has 2 aromatic rings. The summed E-state index contributed by atoms with van der Waals surface area (Å²) in [6.45, 7) is 7.98. The van der Waals surface area contributed by atoms with Gasteiger partial charge in [0.15, 0.2) is 5.69 Å². The number of nitrogens with two attached hydrogens (primary N) is 1. The number of carbonyl (C=O) groups is 1. The molecule has 0 aromatic carbocycles. The van der Waals surface area contributed by atoms with Gasteiger partial charge in [-0.15, -0.1) is 11.3 Å². The number of aromatic amines is 1. The molecule has 2 aromatic heterocycles. The second kappa shape index (κ2) is 6.26. The number of anilines is 1. The second-order valence-corrected chi connectivity index (χ2v) is 6.41. The van der Waals surface area contributed by atoms with Gasteiger partial charge in [-0.2, -0.15) is 5.10 Å². The Morgan fingerprint density at radius 3 is 2.71 bits per heavy atom. The third-order valence-electron chi connectivity index (χ3n) is 3.26. The van der Waals surface area contributed by atoms with Gasteiger partial charge in [0, 0.05) is 11.1 Å². The topological polar surface area (TPSA) is 96.7 Å². The van der Waals surface area contributed by atoms with Crippen LogP contribution in [0.4, 0.5) is 5.69 Å². The lowest BCUT2D eigenvalue weighted by Gasteiger charge is -2.10. The first-order valence-corrected chi connectivity index (χ1v) is 7.84. The number of nitrogens with one attached hydrogen (secondary N) is 2. The fourth-order valence-electron chi connectivity index (χ4n) is 1.99. The van der Waals surface area contributed by atoms with E-state index in [4.69, 9.17) is 5.73 Å². The van der Waals surface area contributed by atoms with Crippen LogP contribution in [-0.4, -0.2) is 21.1 Å². The molecule has 1 atom stereocenters. The molecule has 0 aliphatic carbocycles. The number of nitrogens with zero attached hydrogens (tertiary/aromatic N) is 2. The van der Waals surface area contributed by atoms with Crippen molar-refractivity contribution in [2.45, 2.75) is 46.1 Å². The van der Waals surface area contributed by atoms with Crippen LogP contribution in [0.2, 0.25) is 0 Å². The van der Waals surface area contributed by atoms with Crippen LogP contribution < -0.4 is 11.1 Å². The van der Waals surface area contributed by atoms with Gasteiger partial charge < -0.3 is 11.1 Å². The van der Waals surface area contributed by atoms with Crippen molar-refractivity contribution in [3.8, 4) is 0 Å². The molecule has 0 saturated heterocycles. The van der Waals surface area contributed by atoms with Crippen molar-refractivity contribution in [1.82, 2.24) is 20.5 Å². The van der Waals surface area contributed by atoms with Gasteiger partial charge >= 0.3 is 0 Å². The lowest BCUT2D eigenvalue weighted by atomic mass is 10.1. The highest BCUT2D eigenvalue weighted by molar-refractivity contribution is 7.11. The van der Waals surface area contributed by atoms with Gasteiger partial charge in [-0.1, -0.05) is 20.8 Å². The first-order chi connectivity index (χ1) is 9.93. The summed E-state index contributed by atoms with van der Waals surface area (Å²) in [7, 11) is 0. The molecule has 0 fully saturated rings. The molecule has 0 bridgehead atoms. The van der Waals surface area contributed by atoms with Crippen molar-refractivity contribution >= 4 is 22.9 Å². The van der Waals surface area contributed by atoms with Crippen LogP contribution in [0.1, 0.15) is 65.7 Å². The Hall–Kier alpha value is -1.89. The number of hydrogen-bond donors (Lipinski definition) is 3. The summed E-state index contributed by atoms with van der Waals surface area (Å²) in [6.07, 6.45) is 2.80. The van der Waals surface area contributed by atoms with E-state index in [0.29, 0.717) is 5.69 Å². The van der Waals surface area contributed by atoms with E-state index in [2.05, 4.69) is 27.4 Å². The van der Waals surface area contributed by atoms with Crippen LogP contribution in [0.15, 0.2) is 6.20 Å². The Kier molecular flexibility index (Phi) is 4.62. The number of nitrogen functional groups attached to an aromatic ring is 1. The van der Waals surface area contributed by atoms with Gasteiger partial charge in [0.05, 0.1) is 17.4 Å². The molecule has 2 heterocycles. The van der Waals surface area contributed by atoms with Crippen molar-refractivity contribution in [2.75, 3.05) is 5.73 Å². The summed E-state index contributed by atoms with van der Waals surface area (Å²) >= 11 is 1.61. The minimum Gasteiger partial charge on any atom is -0.395 e. The Balaban J connectivity index is 2.10. The van der Waals surface area contributed by atoms with E-state index < -0.39 is 0 Å². The molecule has 1 amide bonds. The molecule has 1 unspecified atom stereocenters. The molecule has 0 aliphatic heterocycles. The summed E-state index contributed by atoms with van der Waals surface area (Å²) in [5.74, 6) is -0.0843. The van der Waals surface area contributed by atoms with Gasteiger partial charge in [0.25, 0.3) is 5.91 Å². The van der Waals surface area contributed by atoms with Gasteiger partial charge in [-0.3, -0.25) is 9.89 Å². The Bertz CT molecular complexity index is 631. The highest BCUT2D eigenvalue weighted by atomic mass is 32.1. The standard InChI is InChI=1S/C14H21N5OS/c1-5-9-6-16-14(21-9)8(4)17-13(20)12-10(15)11(7(2)3)18-19-12/h6-8H,5,15H2,1-4H3,(H,17,20)(H,18,19). The fourth-order valence-corrected chi connectivity index (χ4v) is 2.85. The van der Waals surface area contributed by atoms with Gasteiger partial charge in [0.1, 0.15) is 5.01 Å². The largest absolute Gasteiger partial charge is 0.395 e. The number of hydrogen-bond acceptors (Lipinski definition) is 5. The van der Waals surface area contributed by atoms with E-state index in [1.54, 1.807) is 11.3 Å². The molecule has 6 nitrogen and oxygen atoms in total. The Morgan fingerprint density at radius 2 is 2.19 bits per heavy atom. The predicted octanol–water partition coefficient (Wildman–Crippen LogP) is 2.63. The minimum atomic E-state index is -0.281. The summed E-state index contributed by atoms with van der Waals surface area (Å²) in [6, 6.07) is -0.165. The van der Waals surface area contributed by atoms with Crippen molar-refractivity contribution in [1.29, 1.82) is 0 Å². The normalized spacial score (nSPS) is 12.6. The van der Waals surface area contributed by atoms with Crippen LogP contribution in [0.5, 0.6) is 0 Å². The molecule has 114 valence electrons. The number of aryl methyl sites for hydroxylation is 1. The molecular weight excluding hydrogens is 286 g/mol. The summed E-state index contributed by atoms with van der Waals surface area (Å²) in [5.41, 5.74) is 7.43. The average Bonchev–Trinajstić information content (AvgIpc) is 3.04. The predicted molar refractivity (Wildman–Crippen MR) is 84.5 cm³/mol. The van der Waals surface area contributed by atoms with Crippen LogP contribution in [-0.2, 0) is 6.42 Å². The third-order valence-corrected chi connectivity index (χ3v) is 4.59. The van der Waals surface area contributed by atoms with Crippen LogP contribution in [0.25, 0.3) is 0 Å². The molecule has 4 N–H and O–H groups in total. The zero-order valence-electron chi connectivity index (χ0n) is 12.7. The molecule has 0 saturated carbocycles. The Morgan fingerprint density at radius 1 is 1.48 bits per heavy atom. The van der Waals surface area contributed by atoms with Crippen LogP contribution in [0.3, 0.4) is 0 Å². The first-order valence-electron chi connectivity index (χ1n) is 7.03. The van der Waals surface area contributed by atoms with Gasteiger partial charge in [-0.25, -0.2) is 4.98 Å². The molecule has 0 spiro atoms. The van der Waals surface area contributed by atoms with E-state index in [-0.39, 0.29) is 23.6 Å². The summed E-state index contributed by atoms with van der Waals surface area (Å²) in [5, 5.41) is 10.6. The number of aromatic nitrogens is 3. The lowest BCUT2D eigenvalue weighted by molar-refractivity contribution is 0.0935. The minimum absolute atomic E-state index is 0.165. The molecule has 2 rings (SSSR count). The zero-order chi connectivity index (χ0) is 15.6. The first kappa shape index (κ1) is 15.5. The maximum Gasteiger partial charge on any atom is 0.274 e. The average molecular weight is 307 g/mol. The maximum absolute atomic E-state index is 12.3. The highest BCUT2D eigenvalue weighted by Crippen LogP contribution is 2.24. The number of thiazole rings is 1. The van der Waals surface area contributed by atoms with E-state index in [1.807, 2.05) is 27.0 Å². The number of rotatable bonds is 5. The lowest BCUT2D eigenvalue weighted by Crippen LogP contribution is -2.27. The monoisotopic (exact) mass is 307 g/mol. The van der Waals surface area contributed by atoms with Gasteiger partial charge in [0.2, 0.25) is 0 Å². The Labute approximate surface area is 128 Å². The van der Waals surface area contributed by atoms with E-state index in [1.165, 1.54) is 4.88 Å². The maximum atomic E-state index is 12.3. The highest BCUT2D eigenvalue weighted by Gasteiger charge is 2.21. The molecular formula is C14H21N5OS. The fraction of sp³-hybridized carbons (Fsp3) is 0.500. The molecule has 0 radical (unpaired) electrons. The van der Waals surface area contributed by atoms with E-state index in [9.17, 15) is 4.79 Å². The number of amides is 1. The molecule has 0 aliphatic rings.